The van der Waals surface area contributed by atoms with Crippen LogP contribution in [-0.4, -0.2) is 74.1 Å². The molecule has 1 aliphatic heterocycles. The molecule has 0 unspecified atom stereocenters. The average Bonchev–Trinajstić information content (AvgIpc) is 3.41. The quantitative estimate of drug-likeness (QED) is 0.419. The highest BCUT2D eigenvalue weighted by atomic mass is 35.5. The zero-order chi connectivity index (χ0) is 24.9. The summed E-state index contributed by atoms with van der Waals surface area (Å²) in [5, 5.41) is 8.19. The Kier molecular flexibility index (Phi) is 9.41. The lowest BCUT2D eigenvalue weighted by Gasteiger charge is -2.25. The van der Waals surface area contributed by atoms with Crippen LogP contribution < -0.4 is 0 Å². The van der Waals surface area contributed by atoms with Gasteiger partial charge in [-0.3, -0.25) is 4.98 Å². The van der Waals surface area contributed by atoms with E-state index in [1.807, 2.05) is 11.5 Å². The van der Waals surface area contributed by atoms with E-state index in [2.05, 4.69) is 15.2 Å². The predicted molar refractivity (Wildman–Crippen MR) is 126 cm³/mol. The molecule has 1 aliphatic rings. The summed E-state index contributed by atoms with van der Waals surface area (Å²) in [4.78, 5) is 4.24. The Balaban J connectivity index is 1.94. The number of pyridine rings is 1. The van der Waals surface area contributed by atoms with Gasteiger partial charge in [0.25, 0.3) is 0 Å². The van der Waals surface area contributed by atoms with E-state index < -0.39 is 21.2 Å². The van der Waals surface area contributed by atoms with Crippen LogP contribution in [0.15, 0.2) is 18.3 Å². The van der Waals surface area contributed by atoms with Crippen LogP contribution in [0.2, 0.25) is 5.02 Å². The van der Waals surface area contributed by atoms with E-state index in [1.54, 1.807) is 33.3 Å². The normalized spacial score (nSPS) is 20.7. The van der Waals surface area contributed by atoms with Crippen LogP contribution in [0.1, 0.15) is 62.3 Å². The molecule has 0 aliphatic carbocycles. The summed E-state index contributed by atoms with van der Waals surface area (Å²) in [7, 11) is 0.894. The fraction of sp³-hybridized carbons (Fsp3) is 0.682. The molecule has 0 saturated carbocycles. The Morgan fingerprint density at radius 1 is 1.18 bits per heavy atom. The SMILES string of the molecule is COCC(COC)n1c(CS(=O)(=O)[C@@H](C)[C@H](OC)c2ccc(Cl)cn2)nnc1[C@H]1CC[C@@H](C)O1. The van der Waals surface area contributed by atoms with Gasteiger partial charge in [-0.25, -0.2) is 8.42 Å². The monoisotopic (exact) mass is 516 g/mol. The zero-order valence-electron chi connectivity index (χ0n) is 20.2. The predicted octanol–water partition coefficient (Wildman–Crippen LogP) is 3.09. The lowest BCUT2D eigenvalue weighted by Crippen LogP contribution is -2.31. The van der Waals surface area contributed by atoms with Gasteiger partial charge in [0.15, 0.2) is 15.7 Å². The Morgan fingerprint density at radius 2 is 1.88 bits per heavy atom. The zero-order valence-corrected chi connectivity index (χ0v) is 21.8. The van der Waals surface area contributed by atoms with Gasteiger partial charge < -0.3 is 23.5 Å². The summed E-state index contributed by atoms with van der Waals surface area (Å²) in [5.74, 6) is 0.563. The second-order valence-electron chi connectivity index (χ2n) is 8.49. The van der Waals surface area contributed by atoms with E-state index >= 15 is 0 Å². The highest BCUT2D eigenvalue weighted by molar-refractivity contribution is 7.91. The molecule has 34 heavy (non-hydrogen) atoms. The van der Waals surface area contributed by atoms with Crippen molar-refractivity contribution >= 4 is 21.4 Å². The summed E-state index contributed by atoms with van der Waals surface area (Å²) in [6.07, 6.45) is 2.20. The van der Waals surface area contributed by atoms with Crippen molar-refractivity contribution in [1.82, 2.24) is 19.7 Å². The molecule has 2 aromatic heterocycles. The highest BCUT2D eigenvalue weighted by Gasteiger charge is 2.36. The molecule has 4 atom stereocenters. The largest absolute Gasteiger partial charge is 0.382 e. The van der Waals surface area contributed by atoms with Gasteiger partial charge in [-0.2, -0.15) is 0 Å². The van der Waals surface area contributed by atoms with Gasteiger partial charge in [-0.1, -0.05) is 11.6 Å². The Bertz CT molecular complexity index is 1030. The number of aromatic nitrogens is 4. The summed E-state index contributed by atoms with van der Waals surface area (Å²) in [5.41, 5.74) is 0.482. The van der Waals surface area contributed by atoms with Crippen molar-refractivity contribution in [2.45, 2.75) is 62.0 Å². The highest BCUT2D eigenvalue weighted by Crippen LogP contribution is 2.34. The number of hydrogen-bond donors (Lipinski definition) is 0. The minimum atomic E-state index is -3.73. The molecule has 1 saturated heterocycles. The molecule has 0 N–H and O–H groups in total. The molecule has 0 bridgehead atoms. The lowest BCUT2D eigenvalue weighted by molar-refractivity contribution is 0.0399. The smallest absolute Gasteiger partial charge is 0.163 e. The maximum absolute atomic E-state index is 13.5. The van der Waals surface area contributed by atoms with Gasteiger partial charge in [-0.15, -0.1) is 10.2 Å². The third-order valence-corrected chi connectivity index (χ3v) is 8.28. The standard InChI is InChI=1S/C22H33ClN4O6S/c1-14-6-9-19(33-14)22-26-25-20(27(22)17(11-30-3)12-31-4)13-34(28,29)15(2)21(32-5)18-8-7-16(23)10-24-18/h7-8,10,14-15,17,19,21H,6,9,11-13H2,1-5H3/t14-,15+,19-,21+/m1/s1. The van der Waals surface area contributed by atoms with E-state index in [1.165, 1.54) is 13.3 Å². The van der Waals surface area contributed by atoms with Gasteiger partial charge in [0, 0.05) is 27.5 Å². The molecule has 0 amide bonds. The van der Waals surface area contributed by atoms with Crippen molar-refractivity contribution in [1.29, 1.82) is 0 Å². The second kappa shape index (κ2) is 11.9. The van der Waals surface area contributed by atoms with Crippen molar-refractivity contribution in [3.05, 3.63) is 40.7 Å². The second-order valence-corrected chi connectivity index (χ2v) is 11.3. The number of ether oxygens (including phenoxy) is 4. The topological polar surface area (TPSA) is 115 Å². The van der Waals surface area contributed by atoms with Crippen LogP contribution in [0.25, 0.3) is 0 Å². The first-order chi connectivity index (χ1) is 16.2. The van der Waals surface area contributed by atoms with Crippen molar-refractivity contribution in [3.63, 3.8) is 0 Å². The summed E-state index contributed by atoms with van der Waals surface area (Å²) >= 11 is 5.93. The molecular weight excluding hydrogens is 484 g/mol. The van der Waals surface area contributed by atoms with E-state index in [0.29, 0.717) is 35.6 Å². The molecule has 0 aromatic carbocycles. The van der Waals surface area contributed by atoms with Crippen LogP contribution in [-0.2, 0) is 34.5 Å². The molecule has 10 nitrogen and oxygen atoms in total. The van der Waals surface area contributed by atoms with Crippen LogP contribution >= 0.6 is 11.6 Å². The van der Waals surface area contributed by atoms with Gasteiger partial charge in [0.1, 0.15) is 23.8 Å². The van der Waals surface area contributed by atoms with Crippen molar-refractivity contribution in [2.75, 3.05) is 34.5 Å². The molecule has 3 heterocycles. The van der Waals surface area contributed by atoms with Gasteiger partial charge in [-0.05, 0) is 38.8 Å². The number of methoxy groups -OCH3 is 3. The Labute approximate surface area is 205 Å². The van der Waals surface area contributed by atoms with Crippen LogP contribution in [0.3, 0.4) is 0 Å². The molecule has 2 aromatic rings. The molecule has 3 rings (SSSR count). The fourth-order valence-corrected chi connectivity index (χ4v) is 5.79. The van der Waals surface area contributed by atoms with Crippen LogP contribution in [0.4, 0.5) is 0 Å². The van der Waals surface area contributed by atoms with Gasteiger partial charge in [0.05, 0.1) is 41.3 Å². The van der Waals surface area contributed by atoms with E-state index in [0.717, 1.165) is 12.8 Å². The minimum absolute atomic E-state index is 0.0972. The van der Waals surface area contributed by atoms with Crippen molar-refractivity contribution in [3.8, 4) is 0 Å². The van der Waals surface area contributed by atoms with E-state index in [-0.39, 0.29) is 24.0 Å². The molecule has 0 radical (unpaired) electrons. The minimum Gasteiger partial charge on any atom is -0.382 e. The number of nitrogens with zero attached hydrogens (tertiary/aromatic N) is 4. The molecule has 0 spiro atoms. The average molecular weight is 517 g/mol. The summed E-state index contributed by atoms with van der Waals surface area (Å²) < 4.78 is 51.1. The number of halogens is 1. The number of rotatable bonds is 12. The fourth-order valence-electron chi connectivity index (χ4n) is 4.24. The molecule has 190 valence electrons. The molecule has 12 heteroatoms. The summed E-state index contributed by atoms with van der Waals surface area (Å²) in [6, 6.07) is 3.01. The maximum Gasteiger partial charge on any atom is 0.163 e. The van der Waals surface area contributed by atoms with Crippen LogP contribution in [0.5, 0.6) is 0 Å². The van der Waals surface area contributed by atoms with Crippen molar-refractivity contribution < 1.29 is 27.4 Å². The summed E-state index contributed by atoms with van der Waals surface area (Å²) in [6.45, 7) is 4.22. The first-order valence-electron chi connectivity index (χ1n) is 11.1. The third kappa shape index (κ3) is 6.13. The Morgan fingerprint density at radius 3 is 2.41 bits per heavy atom. The van der Waals surface area contributed by atoms with E-state index in [4.69, 9.17) is 30.5 Å². The number of sulfone groups is 1. The van der Waals surface area contributed by atoms with Crippen molar-refractivity contribution in [2.24, 2.45) is 0 Å². The lowest BCUT2D eigenvalue weighted by atomic mass is 10.2. The van der Waals surface area contributed by atoms with Crippen LogP contribution in [0, 0.1) is 0 Å². The molecule has 1 fully saturated rings. The van der Waals surface area contributed by atoms with Gasteiger partial charge >= 0.3 is 0 Å². The van der Waals surface area contributed by atoms with E-state index in [9.17, 15) is 8.42 Å². The van der Waals surface area contributed by atoms with Gasteiger partial charge in [0.2, 0.25) is 0 Å². The third-order valence-electron chi connectivity index (χ3n) is 6.01. The molecular formula is C22H33ClN4O6S. The first-order valence-corrected chi connectivity index (χ1v) is 13.2. The Hall–Kier alpha value is -1.63. The first kappa shape index (κ1) is 27.0. The number of hydrogen-bond acceptors (Lipinski definition) is 9. The maximum atomic E-state index is 13.5.